The van der Waals surface area contributed by atoms with Crippen molar-refractivity contribution in [3.05, 3.63) is 29.1 Å². The zero-order valence-electron chi connectivity index (χ0n) is 8.13. The topological polar surface area (TPSA) is 29.1 Å². The molecule has 0 bridgehead atoms. The summed E-state index contributed by atoms with van der Waals surface area (Å²) in [5, 5.41) is 3.96. The minimum Gasteiger partial charge on any atom is -0.326 e. The number of nitrogens with one attached hydrogen (secondary N) is 1. The highest BCUT2D eigenvalue weighted by Crippen LogP contribution is 2.30. The highest BCUT2D eigenvalue weighted by atomic mass is 32.1. The molecule has 0 saturated heterocycles. The third-order valence-corrected chi connectivity index (χ3v) is 3.01. The second kappa shape index (κ2) is 3.42. The van der Waals surface area contributed by atoms with Crippen LogP contribution < -0.4 is 5.32 Å². The van der Waals surface area contributed by atoms with Gasteiger partial charge in [0.1, 0.15) is 0 Å². The molecule has 0 atom stereocenters. The van der Waals surface area contributed by atoms with Gasteiger partial charge in [-0.2, -0.15) is 0 Å². The van der Waals surface area contributed by atoms with E-state index >= 15 is 0 Å². The van der Waals surface area contributed by atoms with Gasteiger partial charge >= 0.3 is 0 Å². The minimum atomic E-state index is -0.0265. The number of carbonyl (C=O) groups excluding carboxylic acids is 1. The average molecular weight is 205 g/mol. The van der Waals surface area contributed by atoms with E-state index in [2.05, 4.69) is 24.4 Å². The third kappa shape index (κ3) is 1.63. The van der Waals surface area contributed by atoms with Crippen LogP contribution in [0.1, 0.15) is 11.8 Å². The third-order valence-electron chi connectivity index (χ3n) is 2.00. The molecular weight excluding hydrogens is 194 g/mol. The summed E-state index contributed by atoms with van der Waals surface area (Å²) in [5.74, 6) is -0.0265. The molecule has 0 unspecified atom stereocenters. The van der Waals surface area contributed by atoms with Gasteiger partial charge in [-0.25, -0.2) is 0 Å². The van der Waals surface area contributed by atoms with E-state index in [0.717, 1.165) is 11.1 Å². The fraction of sp³-hybridized carbons (Fsp3) is 0.182. The molecule has 1 amide bonds. The fourth-order valence-corrected chi connectivity index (χ4v) is 2.44. The molecule has 3 heteroatoms. The molecule has 0 fully saturated rings. The Morgan fingerprint density at radius 1 is 1.43 bits per heavy atom. The van der Waals surface area contributed by atoms with Gasteiger partial charge in [0.05, 0.1) is 0 Å². The smallest absolute Gasteiger partial charge is 0.221 e. The number of fused-ring (bicyclic) bond motifs is 1. The van der Waals surface area contributed by atoms with E-state index in [9.17, 15) is 4.79 Å². The van der Waals surface area contributed by atoms with Gasteiger partial charge in [-0.3, -0.25) is 4.79 Å². The van der Waals surface area contributed by atoms with Crippen molar-refractivity contribution in [2.24, 2.45) is 0 Å². The summed E-state index contributed by atoms with van der Waals surface area (Å²) in [4.78, 5) is 12.2. The lowest BCUT2D eigenvalue weighted by atomic mass is 10.2. The highest BCUT2D eigenvalue weighted by molar-refractivity contribution is 7.19. The molecule has 1 aromatic carbocycles. The van der Waals surface area contributed by atoms with Gasteiger partial charge in [-0.15, -0.1) is 11.3 Å². The summed E-state index contributed by atoms with van der Waals surface area (Å²) < 4.78 is 1.22. The van der Waals surface area contributed by atoms with Crippen molar-refractivity contribution in [3.8, 4) is 0 Å². The first-order chi connectivity index (χ1) is 6.66. The van der Waals surface area contributed by atoms with Crippen molar-refractivity contribution < 1.29 is 4.79 Å². The molecule has 1 N–H and O–H groups in total. The molecular formula is C11H11NOS. The van der Waals surface area contributed by atoms with Crippen LogP contribution in [-0.4, -0.2) is 5.91 Å². The van der Waals surface area contributed by atoms with Gasteiger partial charge in [-0.05, 0) is 25.1 Å². The fourth-order valence-electron chi connectivity index (χ4n) is 1.49. The summed E-state index contributed by atoms with van der Waals surface area (Å²) in [6.45, 7) is 3.60. The normalized spacial score (nSPS) is 10.4. The van der Waals surface area contributed by atoms with Crippen LogP contribution in [0.15, 0.2) is 24.3 Å². The predicted octanol–water partition coefficient (Wildman–Crippen LogP) is 3.17. The molecule has 1 aromatic heterocycles. The molecule has 14 heavy (non-hydrogen) atoms. The second-order valence-electron chi connectivity index (χ2n) is 3.26. The Morgan fingerprint density at radius 3 is 2.93 bits per heavy atom. The Bertz CT molecular complexity index is 487. The van der Waals surface area contributed by atoms with Gasteiger partial charge in [0.25, 0.3) is 0 Å². The zero-order chi connectivity index (χ0) is 10.1. The van der Waals surface area contributed by atoms with E-state index in [0.29, 0.717) is 0 Å². The van der Waals surface area contributed by atoms with Gasteiger partial charge in [0.15, 0.2) is 0 Å². The summed E-state index contributed by atoms with van der Waals surface area (Å²) >= 11 is 1.74. The SMILES string of the molecule is CC(=O)Nc1cccc2sc(C)cc12. The van der Waals surface area contributed by atoms with Gasteiger partial charge in [-0.1, -0.05) is 6.07 Å². The molecule has 0 radical (unpaired) electrons. The maximum absolute atomic E-state index is 11.0. The predicted molar refractivity (Wildman–Crippen MR) is 60.9 cm³/mol. The van der Waals surface area contributed by atoms with Crippen molar-refractivity contribution in [1.82, 2.24) is 0 Å². The molecule has 0 aliphatic heterocycles. The Kier molecular flexibility index (Phi) is 2.25. The molecule has 0 saturated carbocycles. The highest BCUT2D eigenvalue weighted by Gasteiger charge is 2.04. The number of anilines is 1. The number of aryl methyl sites for hydroxylation is 1. The summed E-state index contributed by atoms with van der Waals surface area (Å²) in [6, 6.07) is 8.06. The van der Waals surface area contributed by atoms with E-state index < -0.39 is 0 Å². The minimum absolute atomic E-state index is 0.0265. The lowest BCUT2D eigenvalue weighted by Gasteiger charge is -2.02. The average Bonchev–Trinajstić information content (AvgIpc) is 2.45. The Morgan fingerprint density at radius 2 is 2.21 bits per heavy atom. The maximum Gasteiger partial charge on any atom is 0.221 e. The van der Waals surface area contributed by atoms with Crippen molar-refractivity contribution in [2.45, 2.75) is 13.8 Å². The van der Waals surface area contributed by atoms with E-state index in [-0.39, 0.29) is 5.91 Å². The molecule has 2 aromatic rings. The number of rotatable bonds is 1. The number of amides is 1. The number of carbonyl (C=O) groups is 1. The first-order valence-electron chi connectivity index (χ1n) is 4.43. The molecule has 0 aliphatic carbocycles. The molecule has 2 rings (SSSR count). The molecule has 1 heterocycles. The second-order valence-corrected chi connectivity index (χ2v) is 4.54. The lowest BCUT2D eigenvalue weighted by molar-refractivity contribution is -0.114. The van der Waals surface area contributed by atoms with E-state index in [1.165, 1.54) is 16.5 Å². The van der Waals surface area contributed by atoms with Gasteiger partial charge in [0, 0.05) is 27.6 Å². The number of hydrogen-bond donors (Lipinski definition) is 1. The van der Waals surface area contributed by atoms with Crippen molar-refractivity contribution in [3.63, 3.8) is 0 Å². The van der Waals surface area contributed by atoms with E-state index in [1.807, 2.05) is 12.1 Å². The van der Waals surface area contributed by atoms with E-state index in [4.69, 9.17) is 0 Å². The van der Waals surface area contributed by atoms with Crippen LogP contribution >= 0.6 is 11.3 Å². The lowest BCUT2D eigenvalue weighted by Crippen LogP contribution is -2.05. The Labute approximate surface area is 86.6 Å². The number of benzene rings is 1. The van der Waals surface area contributed by atoms with E-state index in [1.54, 1.807) is 11.3 Å². The molecule has 0 aliphatic rings. The number of hydrogen-bond acceptors (Lipinski definition) is 2. The van der Waals surface area contributed by atoms with Crippen LogP contribution in [-0.2, 0) is 4.79 Å². The van der Waals surface area contributed by atoms with Crippen molar-refractivity contribution >= 4 is 33.0 Å². The summed E-state index contributed by atoms with van der Waals surface area (Å²) in [6.07, 6.45) is 0. The zero-order valence-corrected chi connectivity index (χ0v) is 8.94. The first-order valence-corrected chi connectivity index (χ1v) is 5.25. The van der Waals surface area contributed by atoms with Gasteiger partial charge < -0.3 is 5.32 Å². The summed E-state index contributed by atoms with van der Waals surface area (Å²) in [5.41, 5.74) is 0.902. The van der Waals surface area contributed by atoms with Crippen LogP contribution in [0.3, 0.4) is 0 Å². The Hall–Kier alpha value is -1.35. The van der Waals surface area contributed by atoms with Crippen molar-refractivity contribution in [2.75, 3.05) is 5.32 Å². The van der Waals surface area contributed by atoms with Crippen LogP contribution in [0.4, 0.5) is 5.69 Å². The maximum atomic E-state index is 11.0. The van der Waals surface area contributed by atoms with Crippen LogP contribution in [0.5, 0.6) is 0 Å². The monoisotopic (exact) mass is 205 g/mol. The Balaban J connectivity index is 2.58. The largest absolute Gasteiger partial charge is 0.326 e. The van der Waals surface area contributed by atoms with Crippen molar-refractivity contribution in [1.29, 1.82) is 0 Å². The molecule has 2 nitrogen and oxygen atoms in total. The van der Waals surface area contributed by atoms with Crippen LogP contribution in [0, 0.1) is 6.92 Å². The standard InChI is InChI=1S/C11H11NOS/c1-7-6-9-10(12-8(2)13)4-3-5-11(9)14-7/h3-6H,1-2H3,(H,12,13). The van der Waals surface area contributed by atoms with Gasteiger partial charge in [0.2, 0.25) is 5.91 Å². The van der Waals surface area contributed by atoms with Crippen LogP contribution in [0.25, 0.3) is 10.1 Å². The summed E-state index contributed by atoms with van der Waals surface area (Å²) in [7, 11) is 0. The quantitative estimate of drug-likeness (QED) is 0.761. The molecule has 72 valence electrons. The molecule has 0 spiro atoms. The van der Waals surface area contributed by atoms with Crippen LogP contribution in [0.2, 0.25) is 0 Å². The first kappa shape index (κ1) is 9.21. The number of thiophene rings is 1.